The third-order valence-electron chi connectivity index (χ3n) is 5.03. The Bertz CT molecular complexity index is 809. The summed E-state index contributed by atoms with van der Waals surface area (Å²) in [5, 5.41) is 2.65. The molecule has 1 amide bonds. The molecule has 1 aliphatic heterocycles. The van der Waals surface area contributed by atoms with Crippen molar-refractivity contribution >= 4 is 29.0 Å². The molecule has 0 radical (unpaired) electrons. The van der Waals surface area contributed by atoms with Gasteiger partial charge in [-0.05, 0) is 29.0 Å². The number of hydrogen-bond acceptors (Lipinski definition) is 3. The number of thioether (sulfide) groups is 1. The molecule has 2 heterocycles. The maximum Gasteiger partial charge on any atom is 0.234 e. The van der Waals surface area contributed by atoms with Crippen LogP contribution in [0.25, 0.3) is 0 Å². The zero-order valence-electron chi connectivity index (χ0n) is 15.2. The van der Waals surface area contributed by atoms with Gasteiger partial charge in [-0.15, -0.1) is 11.3 Å². The normalized spacial score (nSPS) is 17.7. The molecule has 0 bridgehead atoms. The average Bonchev–Trinajstić information content (AvgIpc) is 3.14. The molecule has 1 aromatic heterocycles. The summed E-state index contributed by atoms with van der Waals surface area (Å²) in [6.45, 7) is 1.64. The van der Waals surface area contributed by atoms with E-state index in [-0.39, 0.29) is 11.8 Å². The van der Waals surface area contributed by atoms with Crippen LogP contribution in [-0.4, -0.2) is 29.6 Å². The van der Waals surface area contributed by atoms with E-state index in [2.05, 4.69) is 46.7 Å². The smallest absolute Gasteiger partial charge is 0.234 e. The number of carbonyl (C=O) groups excluding carboxylic acids is 1. The Morgan fingerprint density at radius 3 is 2.15 bits per heavy atom. The lowest BCUT2D eigenvalue weighted by Crippen LogP contribution is -2.37. The van der Waals surface area contributed by atoms with Crippen molar-refractivity contribution in [3.05, 3.63) is 94.2 Å². The van der Waals surface area contributed by atoms with E-state index in [4.69, 9.17) is 0 Å². The van der Waals surface area contributed by atoms with Crippen LogP contribution in [0.1, 0.15) is 33.6 Å². The van der Waals surface area contributed by atoms with E-state index in [1.165, 1.54) is 4.88 Å². The van der Waals surface area contributed by atoms with Crippen LogP contribution in [0, 0.1) is 0 Å². The first-order chi connectivity index (χ1) is 13.3. The summed E-state index contributed by atoms with van der Waals surface area (Å²) in [6.07, 6.45) is 1.02. The van der Waals surface area contributed by atoms with E-state index in [0.29, 0.717) is 5.25 Å². The summed E-state index contributed by atoms with van der Waals surface area (Å²) in [6, 6.07) is 24.7. The van der Waals surface area contributed by atoms with Crippen LogP contribution in [0.5, 0.6) is 0 Å². The van der Waals surface area contributed by atoms with Crippen LogP contribution in [0.3, 0.4) is 0 Å². The van der Waals surface area contributed by atoms with E-state index < -0.39 is 0 Å². The minimum absolute atomic E-state index is 0.222. The first kappa shape index (κ1) is 18.3. The Kier molecular flexibility index (Phi) is 5.95. The highest BCUT2D eigenvalue weighted by Gasteiger charge is 2.29. The van der Waals surface area contributed by atoms with Gasteiger partial charge in [0.05, 0.1) is 5.92 Å². The number of nitrogens with zero attached hydrogens (tertiary/aromatic N) is 1. The fourth-order valence-corrected chi connectivity index (χ4v) is 5.88. The number of carbonyl (C=O) groups is 1. The lowest BCUT2D eigenvalue weighted by Gasteiger charge is -2.27. The maximum absolute atomic E-state index is 13.6. The minimum atomic E-state index is -0.226. The third kappa shape index (κ3) is 4.28. The molecular formula is C23H23NOS2. The number of benzene rings is 2. The van der Waals surface area contributed by atoms with E-state index in [1.807, 2.05) is 59.5 Å². The van der Waals surface area contributed by atoms with Gasteiger partial charge in [-0.25, -0.2) is 0 Å². The van der Waals surface area contributed by atoms with E-state index in [1.54, 1.807) is 0 Å². The van der Waals surface area contributed by atoms with E-state index in [9.17, 15) is 4.79 Å². The van der Waals surface area contributed by atoms with Gasteiger partial charge in [0.2, 0.25) is 5.91 Å². The molecular weight excluding hydrogens is 370 g/mol. The van der Waals surface area contributed by atoms with Gasteiger partial charge >= 0.3 is 0 Å². The van der Waals surface area contributed by atoms with Crippen LogP contribution in [-0.2, 0) is 4.79 Å². The van der Waals surface area contributed by atoms with Crippen molar-refractivity contribution in [3.8, 4) is 0 Å². The van der Waals surface area contributed by atoms with Crippen molar-refractivity contribution in [3.63, 3.8) is 0 Å². The Morgan fingerprint density at radius 2 is 1.56 bits per heavy atom. The highest BCUT2D eigenvalue weighted by atomic mass is 32.2. The standard InChI is InChI=1S/C23H23NOS2/c25-23(24-14-13-21(27-17-15-24)20-12-7-16-26-20)22(18-8-3-1-4-9-18)19-10-5-2-6-11-19/h1-12,16,21-22H,13-15,17H2. The van der Waals surface area contributed by atoms with E-state index >= 15 is 0 Å². The second kappa shape index (κ2) is 8.77. The van der Waals surface area contributed by atoms with Crippen molar-refractivity contribution in [1.82, 2.24) is 4.90 Å². The van der Waals surface area contributed by atoms with Crippen LogP contribution in [0.15, 0.2) is 78.2 Å². The number of amides is 1. The zero-order chi connectivity index (χ0) is 18.5. The largest absolute Gasteiger partial charge is 0.341 e. The van der Waals surface area contributed by atoms with Gasteiger partial charge in [-0.3, -0.25) is 4.79 Å². The number of thiophene rings is 1. The molecule has 1 fully saturated rings. The van der Waals surface area contributed by atoms with Crippen LogP contribution in [0.2, 0.25) is 0 Å². The molecule has 0 saturated carbocycles. The summed E-state index contributed by atoms with van der Waals surface area (Å²) in [4.78, 5) is 17.1. The van der Waals surface area contributed by atoms with Crippen molar-refractivity contribution < 1.29 is 4.79 Å². The molecule has 1 saturated heterocycles. The van der Waals surface area contributed by atoms with Crippen LogP contribution < -0.4 is 0 Å². The Morgan fingerprint density at radius 1 is 0.889 bits per heavy atom. The average molecular weight is 394 g/mol. The molecule has 2 aromatic carbocycles. The summed E-state index contributed by atoms with van der Waals surface area (Å²) in [5.41, 5.74) is 2.14. The Balaban J connectivity index is 1.56. The molecule has 1 unspecified atom stereocenters. The van der Waals surface area contributed by atoms with Crippen LogP contribution in [0.4, 0.5) is 0 Å². The Hall–Kier alpha value is -2.04. The molecule has 0 N–H and O–H groups in total. The summed E-state index contributed by atoms with van der Waals surface area (Å²) in [5.74, 6) is 0.987. The third-order valence-corrected chi connectivity index (χ3v) is 7.47. The van der Waals surface area contributed by atoms with Gasteiger partial charge in [0.25, 0.3) is 0 Å². The van der Waals surface area contributed by atoms with Gasteiger partial charge in [-0.1, -0.05) is 66.7 Å². The lowest BCUT2D eigenvalue weighted by molar-refractivity contribution is -0.131. The predicted octanol–water partition coefficient (Wildman–Crippen LogP) is 5.59. The predicted molar refractivity (Wildman–Crippen MR) is 115 cm³/mol. The van der Waals surface area contributed by atoms with E-state index in [0.717, 1.165) is 36.4 Å². The molecule has 4 rings (SSSR count). The lowest BCUT2D eigenvalue weighted by atomic mass is 9.90. The van der Waals surface area contributed by atoms with Crippen LogP contribution >= 0.6 is 23.1 Å². The molecule has 3 aromatic rings. The molecule has 0 spiro atoms. The molecule has 2 nitrogen and oxygen atoms in total. The molecule has 1 aliphatic rings. The van der Waals surface area contributed by atoms with Crippen molar-refractivity contribution in [2.75, 3.05) is 18.8 Å². The number of rotatable bonds is 4. The second-order valence-electron chi connectivity index (χ2n) is 6.74. The maximum atomic E-state index is 13.6. The van der Waals surface area contributed by atoms with Gasteiger partial charge in [0.1, 0.15) is 0 Å². The van der Waals surface area contributed by atoms with Gasteiger partial charge in [0, 0.05) is 29.0 Å². The fraction of sp³-hybridized carbons (Fsp3) is 0.261. The monoisotopic (exact) mass is 393 g/mol. The molecule has 27 heavy (non-hydrogen) atoms. The fourth-order valence-electron chi connectivity index (χ4n) is 3.64. The SMILES string of the molecule is O=C(C(c1ccccc1)c1ccccc1)N1CCSC(c2cccs2)CC1. The van der Waals surface area contributed by atoms with Crippen molar-refractivity contribution in [2.45, 2.75) is 17.6 Å². The van der Waals surface area contributed by atoms with Crippen molar-refractivity contribution in [2.24, 2.45) is 0 Å². The first-order valence-corrected chi connectivity index (χ1v) is 11.3. The molecule has 138 valence electrons. The highest BCUT2D eigenvalue weighted by Crippen LogP contribution is 2.37. The second-order valence-corrected chi connectivity index (χ2v) is 9.03. The van der Waals surface area contributed by atoms with Gasteiger partial charge in [0.15, 0.2) is 0 Å². The van der Waals surface area contributed by atoms with Gasteiger partial charge < -0.3 is 4.90 Å². The highest BCUT2D eigenvalue weighted by molar-refractivity contribution is 7.99. The summed E-state index contributed by atoms with van der Waals surface area (Å²) in [7, 11) is 0. The quantitative estimate of drug-likeness (QED) is 0.576. The van der Waals surface area contributed by atoms with Crippen molar-refractivity contribution in [1.29, 1.82) is 0 Å². The molecule has 4 heteroatoms. The minimum Gasteiger partial charge on any atom is -0.341 e. The zero-order valence-corrected chi connectivity index (χ0v) is 16.8. The summed E-state index contributed by atoms with van der Waals surface area (Å²) >= 11 is 3.81. The topological polar surface area (TPSA) is 20.3 Å². The number of hydrogen-bond donors (Lipinski definition) is 0. The van der Waals surface area contributed by atoms with Gasteiger partial charge in [-0.2, -0.15) is 11.8 Å². The summed E-state index contributed by atoms with van der Waals surface area (Å²) < 4.78 is 0. The first-order valence-electron chi connectivity index (χ1n) is 9.36. The Labute approximate surface area is 169 Å². The molecule has 1 atom stereocenters. The molecule has 0 aliphatic carbocycles.